The Morgan fingerprint density at radius 3 is 2.41 bits per heavy atom. The molecule has 0 aliphatic carbocycles. The summed E-state index contributed by atoms with van der Waals surface area (Å²) in [4.78, 5) is 20.2. The van der Waals surface area contributed by atoms with Crippen molar-refractivity contribution in [3.05, 3.63) is 57.9 Å². The number of carbonyl (C=O) groups is 1. The lowest BCUT2D eigenvalue weighted by molar-refractivity contribution is -0.136. The summed E-state index contributed by atoms with van der Waals surface area (Å²) in [5, 5.41) is 12.2. The molecule has 2 aromatic heterocycles. The van der Waals surface area contributed by atoms with Crippen molar-refractivity contribution in [3.8, 4) is 11.6 Å². The Kier molecular flexibility index (Phi) is 5.91. The highest BCUT2D eigenvalue weighted by Gasteiger charge is 2.15. The molecule has 140 valence electrons. The number of aryl methyl sites for hydroxylation is 1. The van der Waals surface area contributed by atoms with Crippen molar-refractivity contribution in [2.45, 2.75) is 33.1 Å². The maximum atomic E-state index is 10.8. The molecule has 6 nitrogen and oxygen atoms in total. The van der Waals surface area contributed by atoms with E-state index in [0.717, 1.165) is 41.2 Å². The molecule has 0 saturated carbocycles. The fourth-order valence-electron chi connectivity index (χ4n) is 2.86. The molecule has 3 rings (SSSR count). The first-order chi connectivity index (χ1) is 13.0. The van der Waals surface area contributed by atoms with Crippen LogP contribution in [0.2, 0.25) is 0 Å². The van der Waals surface area contributed by atoms with Crippen LogP contribution in [0, 0.1) is 0 Å². The smallest absolute Gasteiger partial charge is 0.307 e. The molecule has 0 radical (unpaired) electrons. The number of hydrogen-bond acceptors (Lipinski definition) is 5. The molecule has 7 heteroatoms. The van der Waals surface area contributed by atoms with Crippen LogP contribution in [0.5, 0.6) is 0 Å². The zero-order chi connectivity index (χ0) is 19.4. The summed E-state index contributed by atoms with van der Waals surface area (Å²) >= 11 is 3.31. The normalized spacial score (nSPS) is 10.8. The summed E-state index contributed by atoms with van der Waals surface area (Å²) in [6, 6.07) is 11.0. The third kappa shape index (κ3) is 4.54. The van der Waals surface area contributed by atoms with Crippen molar-refractivity contribution in [3.63, 3.8) is 0 Å². The highest BCUT2D eigenvalue weighted by atomic mass is 79.9. The lowest BCUT2D eigenvalue weighted by Crippen LogP contribution is -2.07. The Bertz CT molecular complexity index is 952. The third-order valence-electron chi connectivity index (χ3n) is 4.15. The van der Waals surface area contributed by atoms with Crippen molar-refractivity contribution < 1.29 is 14.3 Å². The summed E-state index contributed by atoms with van der Waals surface area (Å²) in [6.07, 6.45) is 1.59. The van der Waals surface area contributed by atoms with Gasteiger partial charge in [-0.2, -0.15) is 0 Å². The van der Waals surface area contributed by atoms with Crippen molar-refractivity contribution in [1.82, 2.24) is 9.97 Å². The summed E-state index contributed by atoms with van der Waals surface area (Å²) in [6.45, 7) is 4.13. The Hall–Kier alpha value is -2.67. The molecule has 0 atom stereocenters. The average Bonchev–Trinajstić information content (AvgIpc) is 3.08. The summed E-state index contributed by atoms with van der Waals surface area (Å²) in [7, 11) is 0. The number of carboxylic acids is 1. The molecule has 2 heterocycles. The number of halogens is 1. The molecule has 0 amide bonds. The van der Waals surface area contributed by atoms with Crippen molar-refractivity contribution >= 4 is 33.4 Å². The second-order valence-electron chi connectivity index (χ2n) is 6.02. The topological polar surface area (TPSA) is 88.3 Å². The number of furan rings is 1. The van der Waals surface area contributed by atoms with Crippen LogP contribution >= 0.6 is 15.9 Å². The van der Waals surface area contributed by atoms with E-state index >= 15 is 0 Å². The number of hydrogen-bond donors (Lipinski definition) is 2. The summed E-state index contributed by atoms with van der Waals surface area (Å²) < 4.78 is 6.24. The van der Waals surface area contributed by atoms with E-state index in [9.17, 15) is 4.79 Å². The highest BCUT2D eigenvalue weighted by Crippen LogP contribution is 2.28. The van der Waals surface area contributed by atoms with Gasteiger partial charge in [-0.1, -0.05) is 26.0 Å². The average molecular weight is 430 g/mol. The zero-order valence-corrected chi connectivity index (χ0v) is 16.7. The first kappa shape index (κ1) is 19.1. The molecule has 3 aromatic rings. The van der Waals surface area contributed by atoms with Crippen molar-refractivity contribution in [2.24, 2.45) is 0 Å². The minimum atomic E-state index is -0.846. The molecule has 0 bridgehead atoms. The van der Waals surface area contributed by atoms with Gasteiger partial charge in [-0.25, -0.2) is 9.97 Å². The van der Waals surface area contributed by atoms with Crippen LogP contribution in [0.15, 0.2) is 45.5 Å². The van der Waals surface area contributed by atoms with Gasteiger partial charge in [0, 0.05) is 16.9 Å². The molecular weight excluding hydrogens is 410 g/mol. The number of nitrogens with zero attached hydrogens (tertiary/aromatic N) is 2. The quantitative estimate of drug-likeness (QED) is 0.549. The monoisotopic (exact) mass is 429 g/mol. The minimum absolute atomic E-state index is 0.00546. The predicted octanol–water partition coefficient (Wildman–Crippen LogP) is 4.99. The summed E-state index contributed by atoms with van der Waals surface area (Å²) in [5.41, 5.74) is 3.62. The second-order valence-corrected chi connectivity index (χ2v) is 6.81. The van der Waals surface area contributed by atoms with Gasteiger partial charge in [0.25, 0.3) is 0 Å². The number of aromatic nitrogens is 2. The van der Waals surface area contributed by atoms with Gasteiger partial charge in [0.1, 0.15) is 5.82 Å². The van der Waals surface area contributed by atoms with Gasteiger partial charge in [0.05, 0.1) is 6.42 Å². The molecule has 0 fully saturated rings. The van der Waals surface area contributed by atoms with Crippen LogP contribution in [0.1, 0.15) is 30.7 Å². The van der Waals surface area contributed by atoms with Gasteiger partial charge >= 0.3 is 5.97 Å². The zero-order valence-electron chi connectivity index (χ0n) is 15.1. The van der Waals surface area contributed by atoms with Crippen LogP contribution in [-0.4, -0.2) is 21.0 Å². The summed E-state index contributed by atoms with van der Waals surface area (Å²) in [5.74, 6) is 1.01. The van der Waals surface area contributed by atoms with Gasteiger partial charge in [-0.3, -0.25) is 4.79 Å². The fourth-order valence-corrected chi connectivity index (χ4v) is 3.17. The maximum Gasteiger partial charge on any atom is 0.307 e. The lowest BCUT2D eigenvalue weighted by Gasteiger charge is -2.14. The second kappa shape index (κ2) is 8.35. The van der Waals surface area contributed by atoms with E-state index in [-0.39, 0.29) is 6.42 Å². The number of carboxylic acid groups (broad SMARTS) is 1. The Balaban J connectivity index is 1.96. The van der Waals surface area contributed by atoms with Gasteiger partial charge < -0.3 is 14.8 Å². The minimum Gasteiger partial charge on any atom is -0.481 e. The van der Waals surface area contributed by atoms with Gasteiger partial charge in [-0.15, -0.1) is 0 Å². The molecule has 1 aromatic carbocycles. The van der Waals surface area contributed by atoms with Gasteiger partial charge in [-0.05, 0) is 58.6 Å². The molecule has 0 unspecified atom stereocenters. The Morgan fingerprint density at radius 1 is 1.11 bits per heavy atom. The molecule has 0 saturated heterocycles. The number of aliphatic carboxylic acids is 1. The van der Waals surface area contributed by atoms with Gasteiger partial charge in [0.15, 0.2) is 16.3 Å². The Morgan fingerprint density at radius 2 is 1.85 bits per heavy atom. The van der Waals surface area contributed by atoms with Crippen LogP contribution < -0.4 is 5.32 Å². The molecule has 0 spiro atoms. The Labute approximate surface area is 165 Å². The van der Waals surface area contributed by atoms with E-state index in [1.807, 2.05) is 24.3 Å². The largest absolute Gasteiger partial charge is 0.481 e. The van der Waals surface area contributed by atoms with E-state index in [1.54, 1.807) is 12.1 Å². The molecular formula is C20H20BrN3O3. The fraction of sp³-hybridized carbons (Fsp3) is 0.250. The lowest BCUT2D eigenvalue weighted by atomic mass is 10.1. The maximum absolute atomic E-state index is 10.8. The van der Waals surface area contributed by atoms with E-state index < -0.39 is 5.97 Å². The van der Waals surface area contributed by atoms with Crippen LogP contribution in [0.25, 0.3) is 11.6 Å². The number of anilines is 2. The molecule has 27 heavy (non-hydrogen) atoms. The van der Waals surface area contributed by atoms with E-state index in [4.69, 9.17) is 9.52 Å². The SMILES string of the molecule is CCc1nc(-c2ccc(Br)o2)nc(Nc2ccc(CC(=O)O)cc2)c1CC. The number of benzene rings is 1. The van der Waals surface area contributed by atoms with Crippen LogP contribution in [0.4, 0.5) is 11.5 Å². The number of nitrogens with one attached hydrogen (secondary N) is 1. The first-order valence-corrected chi connectivity index (χ1v) is 9.52. The van der Waals surface area contributed by atoms with Crippen molar-refractivity contribution in [2.75, 3.05) is 5.32 Å². The van der Waals surface area contributed by atoms with E-state index in [1.165, 1.54) is 0 Å². The molecule has 0 aliphatic heterocycles. The standard InChI is InChI=1S/C20H20BrN3O3/c1-3-14-15(4-2)23-20(16-9-10-17(21)27-16)24-19(14)22-13-7-5-12(6-8-13)11-18(25)26/h5-10H,3-4,11H2,1-2H3,(H,25,26)(H,22,23,24). The van der Waals surface area contributed by atoms with E-state index in [0.29, 0.717) is 16.3 Å². The molecule has 2 N–H and O–H groups in total. The van der Waals surface area contributed by atoms with Crippen LogP contribution in [-0.2, 0) is 24.1 Å². The first-order valence-electron chi connectivity index (χ1n) is 8.73. The predicted molar refractivity (Wildman–Crippen MR) is 107 cm³/mol. The number of rotatable bonds is 7. The van der Waals surface area contributed by atoms with Gasteiger partial charge in [0.2, 0.25) is 0 Å². The van der Waals surface area contributed by atoms with Crippen LogP contribution in [0.3, 0.4) is 0 Å². The highest BCUT2D eigenvalue weighted by molar-refractivity contribution is 9.10. The van der Waals surface area contributed by atoms with E-state index in [2.05, 4.69) is 45.1 Å². The molecule has 0 aliphatic rings. The van der Waals surface area contributed by atoms with Crippen molar-refractivity contribution in [1.29, 1.82) is 0 Å². The third-order valence-corrected chi connectivity index (χ3v) is 4.57.